The Hall–Kier alpha value is -3.43. The topological polar surface area (TPSA) is 104 Å². The molecule has 0 saturated carbocycles. The van der Waals surface area contributed by atoms with Crippen molar-refractivity contribution in [2.45, 2.75) is 45.6 Å². The maximum absolute atomic E-state index is 14.1. The number of amides is 2. The largest absolute Gasteiger partial charge is 0.354 e. The van der Waals surface area contributed by atoms with Crippen LogP contribution in [0.15, 0.2) is 30.5 Å². The van der Waals surface area contributed by atoms with E-state index in [1.54, 1.807) is 31.2 Å². The molecule has 1 aliphatic rings. The van der Waals surface area contributed by atoms with Crippen LogP contribution in [0.4, 0.5) is 20.4 Å². The van der Waals surface area contributed by atoms with Gasteiger partial charge >= 0.3 is 0 Å². The Morgan fingerprint density at radius 1 is 1.19 bits per heavy atom. The van der Waals surface area contributed by atoms with Gasteiger partial charge in [-0.2, -0.15) is 0 Å². The number of carbonyl (C=O) groups is 3. The Morgan fingerprint density at radius 2 is 1.94 bits per heavy atom. The Balaban J connectivity index is 1.86. The molecular weight excluding hydrogens is 420 g/mol. The number of carbonyl (C=O) groups excluding carboxylic acids is 3. The minimum atomic E-state index is -3.01. The molecule has 2 amide bonds. The van der Waals surface area contributed by atoms with E-state index in [4.69, 9.17) is 0 Å². The third-order valence-electron chi connectivity index (χ3n) is 5.26. The van der Waals surface area contributed by atoms with Crippen molar-refractivity contribution in [1.29, 1.82) is 0 Å². The predicted molar refractivity (Wildman–Crippen MR) is 114 cm³/mol. The summed E-state index contributed by atoms with van der Waals surface area (Å²) in [4.78, 5) is 45.7. The molecule has 170 valence electrons. The SMILES string of the molecule is CC(=O)NC[C@H]1CCC(F)(F)CN1C(=O)c1nc(Nc2cc(C(C)=O)ccn2)ccc1C. The summed E-state index contributed by atoms with van der Waals surface area (Å²) in [7, 11) is 0. The number of nitrogens with one attached hydrogen (secondary N) is 2. The fourth-order valence-corrected chi connectivity index (χ4v) is 3.50. The zero-order chi connectivity index (χ0) is 23.5. The Bertz CT molecular complexity index is 1040. The molecular formula is C22H25F2N5O3. The number of nitrogens with zero attached hydrogens (tertiary/aromatic N) is 3. The minimum absolute atomic E-state index is 0.0308. The molecule has 2 N–H and O–H groups in total. The Morgan fingerprint density at radius 3 is 2.62 bits per heavy atom. The van der Waals surface area contributed by atoms with E-state index in [1.165, 1.54) is 20.0 Å². The molecule has 32 heavy (non-hydrogen) atoms. The molecule has 1 saturated heterocycles. The van der Waals surface area contributed by atoms with Crippen molar-refractivity contribution in [3.63, 3.8) is 0 Å². The number of hydrogen-bond acceptors (Lipinski definition) is 6. The lowest BCUT2D eigenvalue weighted by molar-refractivity contribution is -0.119. The molecule has 1 atom stereocenters. The maximum atomic E-state index is 14.1. The highest BCUT2D eigenvalue weighted by molar-refractivity contribution is 5.95. The molecule has 1 fully saturated rings. The molecule has 0 radical (unpaired) electrons. The molecule has 3 rings (SSSR count). The number of Topliss-reactive ketones (excluding diaryl/α,β-unsaturated/α-hetero) is 1. The first-order valence-corrected chi connectivity index (χ1v) is 10.2. The highest BCUT2D eigenvalue weighted by Gasteiger charge is 2.42. The summed E-state index contributed by atoms with van der Waals surface area (Å²) in [6.07, 6.45) is 1.19. The number of alkyl halides is 2. The quantitative estimate of drug-likeness (QED) is 0.662. The highest BCUT2D eigenvalue weighted by Crippen LogP contribution is 2.31. The van der Waals surface area contributed by atoms with E-state index in [1.807, 2.05) is 0 Å². The molecule has 10 heteroatoms. The van der Waals surface area contributed by atoms with Gasteiger partial charge in [0, 0.05) is 37.7 Å². The van der Waals surface area contributed by atoms with Gasteiger partial charge < -0.3 is 15.5 Å². The average Bonchev–Trinajstić information content (AvgIpc) is 2.73. The lowest BCUT2D eigenvalue weighted by Crippen LogP contribution is -2.55. The number of aromatic nitrogens is 2. The molecule has 3 heterocycles. The smallest absolute Gasteiger partial charge is 0.273 e. The summed E-state index contributed by atoms with van der Waals surface area (Å²) in [6.45, 7) is 3.79. The molecule has 0 bridgehead atoms. The molecule has 2 aromatic heterocycles. The van der Waals surface area contributed by atoms with Crippen LogP contribution in [-0.2, 0) is 4.79 Å². The second kappa shape index (κ2) is 9.37. The summed E-state index contributed by atoms with van der Waals surface area (Å²) in [5.74, 6) is -3.42. The van der Waals surface area contributed by atoms with Gasteiger partial charge in [0.2, 0.25) is 5.91 Å². The summed E-state index contributed by atoms with van der Waals surface area (Å²) in [6, 6.07) is 5.87. The van der Waals surface area contributed by atoms with Crippen LogP contribution in [0.5, 0.6) is 0 Å². The van der Waals surface area contributed by atoms with Gasteiger partial charge in [-0.1, -0.05) is 6.07 Å². The van der Waals surface area contributed by atoms with Crippen molar-refractivity contribution >= 4 is 29.2 Å². The van der Waals surface area contributed by atoms with Gasteiger partial charge in [-0.15, -0.1) is 0 Å². The Labute approximate surface area is 184 Å². The number of ketones is 1. The summed E-state index contributed by atoms with van der Waals surface area (Å²) in [5, 5.41) is 5.55. The number of pyridine rings is 2. The van der Waals surface area contributed by atoms with Gasteiger partial charge in [-0.3, -0.25) is 14.4 Å². The second-order valence-corrected chi connectivity index (χ2v) is 7.89. The van der Waals surface area contributed by atoms with Crippen LogP contribution in [0.2, 0.25) is 0 Å². The van der Waals surface area contributed by atoms with E-state index in [0.717, 1.165) is 4.90 Å². The number of hydrogen-bond donors (Lipinski definition) is 2. The molecule has 0 spiro atoms. The van der Waals surface area contributed by atoms with Crippen LogP contribution in [0, 0.1) is 6.92 Å². The monoisotopic (exact) mass is 445 g/mol. The number of aryl methyl sites for hydroxylation is 1. The summed E-state index contributed by atoms with van der Waals surface area (Å²) >= 11 is 0. The van der Waals surface area contributed by atoms with Gasteiger partial charge in [0.15, 0.2) is 5.78 Å². The third kappa shape index (κ3) is 5.63. The number of likely N-dealkylation sites (tertiary alicyclic amines) is 1. The van der Waals surface area contributed by atoms with Crippen LogP contribution in [0.3, 0.4) is 0 Å². The van der Waals surface area contributed by atoms with Crippen LogP contribution in [-0.4, -0.2) is 57.5 Å². The van der Waals surface area contributed by atoms with Crippen molar-refractivity contribution in [2.75, 3.05) is 18.4 Å². The van der Waals surface area contributed by atoms with Gasteiger partial charge in [-0.05, 0) is 44.0 Å². The summed E-state index contributed by atoms with van der Waals surface area (Å²) < 4.78 is 28.2. The van der Waals surface area contributed by atoms with Gasteiger partial charge in [0.25, 0.3) is 11.8 Å². The van der Waals surface area contributed by atoms with Crippen molar-refractivity contribution in [3.8, 4) is 0 Å². The van der Waals surface area contributed by atoms with E-state index in [0.29, 0.717) is 16.9 Å². The molecule has 0 unspecified atom stereocenters. The van der Waals surface area contributed by atoms with E-state index < -0.39 is 24.4 Å². The molecule has 1 aliphatic heterocycles. The second-order valence-electron chi connectivity index (χ2n) is 7.89. The average molecular weight is 445 g/mol. The predicted octanol–water partition coefficient (Wildman–Crippen LogP) is 3.11. The first kappa shape index (κ1) is 23.2. The normalized spacial score (nSPS) is 17.5. The van der Waals surface area contributed by atoms with Crippen molar-refractivity contribution < 1.29 is 23.2 Å². The first-order chi connectivity index (χ1) is 15.1. The number of piperidine rings is 1. The zero-order valence-corrected chi connectivity index (χ0v) is 18.1. The maximum Gasteiger partial charge on any atom is 0.273 e. The molecule has 8 nitrogen and oxygen atoms in total. The summed E-state index contributed by atoms with van der Waals surface area (Å²) in [5.41, 5.74) is 1.02. The molecule has 0 aromatic carbocycles. The third-order valence-corrected chi connectivity index (χ3v) is 5.26. The van der Waals surface area contributed by atoms with Crippen molar-refractivity contribution in [3.05, 3.63) is 47.3 Å². The van der Waals surface area contributed by atoms with E-state index >= 15 is 0 Å². The van der Waals surface area contributed by atoms with Crippen LogP contribution in [0.25, 0.3) is 0 Å². The van der Waals surface area contributed by atoms with E-state index in [9.17, 15) is 23.2 Å². The van der Waals surface area contributed by atoms with Crippen LogP contribution >= 0.6 is 0 Å². The Kier molecular flexibility index (Phi) is 6.81. The highest BCUT2D eigenvalue weighted by atomic mass is 19.3. The fourth-order valence-electron chi connectivity index (χ4n) is 3.50. The van der Waals surface area contributed by atoms with Crippen LogP contribution < -0.4 is 10.6 Å². The fraction of sp³-hybridized carbons (Fsp3) is 0.409. The molecule has 2 aromatic rings. The van der Waals surface area contributed by atoms with Crippen molar-refractivity contribution in [1.82, 2.24) is 20.2 Å². The minimum Gasteiger partial charge on any atom is -0.354 e. The number of halogens is 2. The van der Waals surface area contributed by atoms with E-state index in [2.05, 4.69) is 20.6 Å². The standard InChI is InChI=1S/C22H25F2N5O3/c1-13-4-5-18(27-19-10-16(14(2)30)7-9-25-19)28-20(13)21(32)29-12-22(23,24)8-6-17(29)11-26-15(3)31/h4-5,7,9-10,17H,6,8,11-12H2,1-3H3,(H,26,31)(H,25,27,28)/t17-/m1/s1. The van der Waals surface area contributed by atoms with Gasteiger partial charge in [0.05, 0.1) is 6.54 Å². The zero-order valence-electron chi connectivity index (χ0n) is 18.1. The van der Waals surface area contributed by atoms with Gasteiger partial charge in [0.1, 0.15) is 17.3 Å². The van der Waals surface area contributed by atoms with E-state index in [-0.39, 0.29) is 42.6 Å². The molecule has 0 aliphatic carbocycles. The van der Waals surface area contributed by atoms with Gasteiger partial charge in [-0.25, -0.2) is 18.7 Å². The lowest BCUT2D eigenvalue weighted by Gasteiger charge is -2.39. The number of rotatable bonds is 6. The van der Waals surface area contributed by atoms with Crippen molar-refractivity contribution in [2.24, 2.45) is 0 Å². The number of anilines is 2. The first-order valence-electron chi connectivity index (χ1n) is 10.2. The lowest BCUT2D eigenvalue weighted by atomic mass is 9.98. The van der Waals surface area contributed by atoms with Crippen LogP contribution in [0.1, 0.15) is 53.1 Å².